The Balaban J connectivity index is 1.28. The lowest BCUT2D eigenvalue weighted by atomic mass is 9.93. The maximum absolute atomic E-state index is 12.7. The van der Waals surface area contributed by atoms with Crippen molar-refractivity contribution in [2.24, 2.45) is 5.92 Å². The van der Waals surface area contributed by atoms with Crippen LogP contribution in [0.15, 0.2) is 30.6 Å². The quantitative estimate of drug-likeness (QED) is 0.819. The van der Waals surface area contributed by atoms with E-state index in [4.69, 9.17) is 0 Å². The molecule has 4 rings (SSSR count). The largest absolute Gasteiger partial charge is 0.352 e. The van der Waals surface area contributed by atoms with Gasteiger partial charge in [-0.2, -0.15) is 0 Å². The third kappa shape index (κ3) is 5.14. The van der Waals surface area contributed by atoms with Gasteiger partial charge in [0.25, 0.3) is 0 Å². The van der Waals surface area contributed by atoms with Crippen LogP contribution in [0.3, 0.4) is 0 Å². The second-order valence-corrected chi connectivity index (χ2v) is 8.58. The first-order valence-electron chi connectivity index (χ1n) is 11.1. The van der Waals surface area contributed by atoms with Crippen molar-refractivity contribution in [1.82, 2.24) is 25.2 Å². The highest BCUT2D eigenvalue weighted by Gasteiger charge is 2.32. The van der Waals surface area contributed by atoms with Gasteiger partial charge in [-0.3, -0.25) is 14.7 Å². The van der Waals surface area contributed by atoms with E-state index < -0.39 is 0 Å². The zero-order valence-electron chi connectivity index (χ0n) is 18.0. The van der Waals surface area contributed by atoms with Gasteiger partial charge in [-0.25, -0.2) is 9.97 Å². The molecule has 2 aromatic rings. The molecule has 2 aliphatic rings. The SMILES string of the molecule is Cc1cc(C)nc(N2CCC(N3CCCC(C(=O)NCc4cccnc4)C3)CC2)n1. The van der Waals surface area contributed by atoms with E-state index in [2.05, 4.69) is 30.1 Å². The Morgan fingerprint density at radius 1 is 1.13 bits per heavy atom. The van der Waals surface area contributed by atoms with Crippen LogP contribution in [-0.4, -0.2) is 58.0 Å². The van der Waals surface area contributed by atoms with Crippen LogP contribution < -0.4 is 10.2 Å². The summed E-state index contributed by atoms with van der Waals surface area (Å²) in [6.45, 7) is 8.51. The molecule has 2 saturated heterocycles. The van der Waals surface area contributed by atoms with Gasteiger partial charge in [0.1, 0.15) is 0 Å². The van der Waals surface area contributed by atoms with Gasteiger partial charge in [0.2, 0.25) is 11.9 Å². The van der Waals surface area contributed by atoms with Crippen molar-refractivity contribution in [3.63, 3.8) is 0 Å². The summed E-state index contributed by atoms with van der Waals surface area (Å²) >= 11 is 0. The highest BCUT2D eigenvalue weighted by molar-refractivity contribution is 5.78. The summed E-state index contributed by atoms with van der Waals surface area (Å²) in [5.41, 5.74) is 3.09. The molecule has 1 atom stereocenters. The van der Waals surface area contributed by atoms with E-state index in [9.17, 15) is 4.79 Å². The van der Waals surface area contributed by atoms with E-state index in [1.54, 1.807) is 12.4 Å². The Kier molecular flexibility index (Phi) is 6.57. The van der Waals surface area contributed by atoms with Crippen molar-refractivity contribution < 1.29 is 4.79 Å². The zero-order chi connectivity index (χ0) is 20.9. The second-order valence-electron chi connectivity index (χ2n) is 8.58. The maximum Gasteiger partial charge on any atom is 0.225 e. The molecule has 1 N–H and O–H groups in total. The molecule has 2 aliphatic heterocycles. The third-order valence-electron chi connectivity index (χ3n) is 6.25. The number of piperidine rings is 2. The van der Waals surface area contributed by atoms with Crippen molar-refractivity contribution in [1.29, 1.82) is 0 Å². The summed E-state index contributed by atoms with van der Waals surface area (Å²) in [5.74, 6) is 1.11. The highest BCUT2D eigenvalue weighted by Crippen LogP contribution is 2.25. The van der Waals surface area contributed by atoms with Crippen LogP contribution in [-0.2, 0) is 11.3 Å². The molecule has 0 saturated carbocycles. The number of anilines is 1. The van der Waals surface area contributed by atoms with Crippen molar-refractivity contribution >= 4 is 11.9 Å². The van der Waals surface area contributed by atoms with E-state index in [-0.39, 0.29) is 11.8 Å². The number of pyridine rings is 1. The highest BCUT2D eigenvalue weighted by atomic mass is 16.1. The number of carbonyl (C=O) groups is 1. The fourth-order valence-electron chi connectivity index (χ4n) is 4.67. The Labute approximate surface area is 178 Å². The number of hydrogen-bond acceptors (Lipinski definition) is 6. The molecule has 7 heteroatoms. The first-order valence-corrected chi connectivity index (χ1v) is 11.1. The molecule has 0 aliphatic carbocycles. The Hall–Kier alpha value is -2.54. The Morgan fingerprint density at radius 3 is 2.60 bits per heavy atom. The average molecular weight is 409 g/mol. The van der Waals surface area contributed by atoms with Gasteiger partial charge in [0, 0.05) is 56.0 Å². The molecule has 0 spiro atoms. The lowest BCUT2D eigenvalue weighted by Gasteiger charge is -2.42. The zero-order valence-corrected chi connectivity index (χ0v) is 18.0. The normalized spacial score (nSPS) is 20.9. The number of aryl methyl sites for hydroxylation is 2. The van der Waals surface area contributed by atoms with E-state index in [0.717, 1.165) is 74.8 Å². The molecule has 160 valence electrons. The Morgan fingerprint density at radius 2 is 1.90 bits per heavy atom. The summed E-state index contributed by atoms with van der Waals surface area (Å²) in [5, 5.41) is 3.10. The van der Waals surface area contributed by atoms with Gasteiger partial charge in [0.05, 0.1) is 5.92 Å². The molecule has 0 bridgehead atoms. The molecule has 1 amide bonds. The maximum atomic E-state index is 12.7. The number of nitrogens with zero attached hydrogens (tertiary/aromatic N) is 5. The van der Waals surface area contributed by atoms with E-state index in [1.165, 1.54) is 0 Å². The summed E-state index contributed by atoms with van der Waals surface area (Å²) in [7, 11) is 0. The minimum Gasteiger partial charge on any atom is -0.352 e. The average Bonchev–Trinajstić information content (AvgIpc) is 2.78. The van der Waals surface area contributed by atoms with E-state index >= 15 is 0 Å². The molecule has 0 radical (unpaired) electrons. The van der Waals surface area contributed by atoms with E-state index in [1.807, 2.05) is 32.0 Å². The minimum absolute atomic E-state index is 0.0798. The van der Waals surface area contributed by atoms with E-state index in [0.29, 0.717) is 12.6 Å². The van der Waals surface area contributed by atoms with Crippen LogP contribution in [0.25, 0.3) is 0 Å². The molecule has 0 aromatic carbocycles. The summed E-state index contributed by atoms with van der Waals surface area (Å²) < 4.78 is 0. The molecule has 4 heterocycles. The third-order valence-corrected chi connectivity index (χ3v) is 6.25. The molecule has 1 unspecified atom stereocenters. The van der Waals surface area contributed by atoms with Crippen molar-refractivity contribution in [2.45, 2.75) is 52.1 Å². The second kappa shape index (κ2) is 9.51. The monoisotopic (exact) mass is 408 g/mol. The number of rotatable bonds is 5. The molecule has 2 aromatic heterocycles. The van der Waals surface area contributed by atoms with Crippen LogP contribution in [0.4, 0.5) is 5.95 Å². The van der Waals surface area contributed by atoms with Crippen LogP contribution >= 0.6 is 0 Å². The van der Waals surface area contributed by atoms with Crippen LogP contribution in [0.2, 0.25) is 0 Å². The number of carbonyl (C=O) groups excluding carboxylic acids is 1. The van der Waals surface area contributed by atoms with Gasteiger partial charge in [0.15, 0.2) is 0 Å². The molecular formula is C23H32N6O. The number of nitrogens with one attached hydrogen (secondary N) is 1. The Bertz CT molecular complexity index is 830. The fraction of sp³-hybridized carbons (Fsp3) is 0.565. The van der Waals surface area contributed by atoms with Crippen molar-refractivity contribution in [2.75, 3.05) is 31.1 Å². The summed E-state index contributed by atoms with van der Waals surface area (Å²) in [6.07, 6.45) is 7.82. The lowest BCUT2D eigenvalue weighted by molar-refractivity contribution is -0.127. The standard InChI is InChI=1S/C23H32N6O/c1-17-13-18(2)27-23(26-17)28-11-7-21(8-12-28)29-10-4-6-20(16-29)22(30)25-15-19-5-3-9-24-14-19/h3,5,9,13-14,20-21H,4,6-8,10-12,15-16H2,1-2H3,(H,25,30). The molecule has 2 fully saturated rings. The van der Waals surface area contributed by atoms with Gasteiger partial charge in [-0.05, 0) is 63.8 Å². The van der Waals surface area contributed by atoms with Crippen LogP contribution in [0.1, 0.15) is 42.6 Å². The predicted molar refractivity (Wildman–Crippen MR) is 117 cm³/mol. The van der Waals surface area contributed by atoms with Crippen molar-refractivity contribution in [3.05, 3.63) is 47.5 Å². The number of likely N-dealkylation sites (tertiary alicyclic amines) is 1. The molecule has 7 nitrogen and oxygen atoms in total. The lowest BCUT2D eigenvalue weighted by Crippen LogP contribution is -2.51. The summed E-state index contributed by atoms with van der Waals surface area (Å²) in [6, 6.07) is 6.46. The van der Waals surface area contributed by atoms with Crippen LogP contribution in [0, 0.1) is 19.8 Å². The molecule has 30 heavy (non-hydrogen) atoms. The van der Waals surface area contributed by atoms with Crippen molar-refractivity contribution in [3.8, 4) is 0 Å². The number of amides is 1. The smallest absolute Gasteiger partial charge is 0.225 e. The number of hydrogen-bond donors (Lipinski definition) is 1. The van der Waals surface area contributed by atoms with Gasteiger partial charge in [-0.1, -0.05) is 6.07 Å². The van der Waals surface area contributed by atoms with Gasteiger partial charge >= 0.3 is 0 Å². The fourth-order valence-corrected chi connectivity index (χ4v) is 4.67. The minimum atomic E-state index is 0.0798. The first-order chi connectivity index (χ1) is 14.6. The first kappa shape index (κ1) is 20.7. The summed E-state index contributed by atoms with van der Waals surface area (Å²) in [4.78, 5) is 30.9. The van der Waals surface area contributed by atoms with Gasteiger partial charge in [-0.15, -0.1) is 0 Å². The van der Waals surface area contributed by atoms with Crippen LogP contribution in [0.5, 0.6) is 0 Å². The predicted octanol–water partition coefficient (Wildman–Crippen LogP) is 2.49. The topological polar surface area (TPSA) is 74.2 Å². The number of aromatic nitrogens is 3. The molecular weight excluding hydrogens is 376 g/mol. The van der Waals surface area contributed by atoms with Gasteiger partial charge < -0.3 is 10.2 Å².